The van der Waals surface area contributed by atoms with Gasteiger partial charge >= 0.3 is 0 Å². The van der Waals surface area contributed by atoms with E-state index in [1.807, 2.05) is 13.0 Å². The fraction of sp³-hybridized carbons (Fsp3) is 0.667. The minimum atomic E-state index is -0.0827. The molecular weight excluding hydrogens is 263 g/mol. The highest BCUT2D eigenvalue weighted by atomic mass is 19.1. The van der Waals surface area contributed by atoms with E-state index in [1.54, 1.807) is 6.07 Å². The summed E-state index contributed by atoms with van der Waals surface area (Å²) in [4.78, 5) is 2.41. The lowest BCUT2D eigenvalue weighted by Crippen LogP contribution is -2.37. The smallest absolute Gasteiger partial charge is 0.126 e. The molecule has 1 aromatic carbocycles. The molecule has 0 amide bonds. The molecule has 1 N–H and O–H groups in total. The summed E-state index contributed by atoms with van der Waals surface area (Å²) < 4.78 is 14.0. The summed E-state index contributed by atoms with van der Waals surface area (Å²) in [5, 5.41) is 3.57. The van der Waals surface area contributed by atoms with Crippen LogP contribution in [0.4, 0.5) is 4.39 Å². The molecule has 118 valence electrons. The predicted molar refractivity (Wildman–Crippen MR) is 87.0 cm³/mol. The number of nitrogens with zero attached hydrogens (tertiary/aromatic N) is 1. The second kappa shape index (κ2) is 7.37. The van der Waals surface area contributed by atoms with Crippen LogP contribution in [0.1, 0.15) is 50.3 Å². The molecule has 1 saturated heterocycles. The van der Waals surface area contributed by atoms with E-state index in [0.29, 0.717) is 18.0 Å². The van der Waals surface area contributed by atoms with Gasteiger partial charge in [0.25, 0.3) is 0 Å². The fourth-order valence-electron chi connectivity index (χ4n) is 3.35. The number of hydrogen-bond donors (Lipinski definition) is 1. The zero-order chi connectivity index (χ0) is 15.4. The Morgan fingerprint density at radius 1 is 1.33 bits per heavy atom. The van der Waals surface area contributed by atoms with Crippen molar-refractivity contribution in [2.24, 2.45) is 5.92 Å². The second-order valence-corrected chi connectivity index (χ2v) is 6.75. The normalized spacial score (nSPS) is 24.3. The van der Waals surface area contributed by atoms with Gasteiger partial charge in [-0.15, -0.1) is 0 Å². The molecule has 2 nitrogen and oxygen atoms in total. The summed E-state index contributed by atoms with van der Waals surface area (Å²) in [6, 6.07) is 6.57. The molecule has 21 heavy (non-hydrogen) atoms. The largest absolute Gasteiger partial charge is 0.314 e. The molecular formula is C18H29FN2. The Bertz CT molecular complexity index is 459. The number of nitrogens with one attached hydrogen (secondary N) is 1. The molecule has 0 spiro atoms. The molecule has 2 unspecified atom stereocenters. The van der Waals surface area contributed by atoms with Crippen molar-refractivity contribution >= 4 is 0 Å². The molecule has 0 saturated carbocycles. The first-order valence-corrected chi connectivity index (χ1v) is 8.18. The number of aryl methyl sites for hydroxylation is 1. The first-order chi connectivity index (χ1) is 9.99. The lowest BCUT2D eigenvalue weighted by atomic mass is 9.88. The fourth-order valence-corrected chi connectivity index (χ4v) is 3.35. The number of likely N-dealkylation sites (tertiary alicyclic amines) is 1. The van der Waals surface area contributed by atoms with E-state index < -0.39 is 0 Å². The number of rotatable bonds is 4. The Labute approximate surface area is 128 Å². The van der Waals surface area contributed by atoms with E-state index >= 15 is 0 Å². The van der Waals surface area contributed by atoms with E-state index in [9.17, 15) is 4.39 Å². The Morgan fingerprint density at radius 3 is 2.76 bits per heavy atom. The Kier molecular flexibility index (Phi) is 5.77. The van der Waals surface area contributed by atoms with Gasteiger partial charge in [-0.05, 0) is 56.5 Å². The summed E-state index contributed by atoms with van der Waals surface area (Å²) in [6.07, 6.45) is 3.71. The molecule has 0 aromatic heterocycles. The van der Waals surface area contributed by atoms with Crippen LogP contribution >= 0.6 is 0 Å². The predicted octanol–water partition coefficient (Wildman–Crippen LogP) is 3.91. The monoisotopic (exact) mass is 292 g/mol. The van der Waals surface area contributed by atoms with Crippen LogP contribution in [0.3, 0.4) is 0 Å². The van der Waals surface area contributed by atoms with Gasteiger partial charge in [0.2, 0.25) is 0 Å². The number of benzene rings is 1. The van der Waals surface area contributed by atoms with Crippen LogP contribution in [0.5, 0.6) is 0 Å². The summed E-state index contributed by atoms with van der Waals surface area (Å²) in [5.41, 5.74) is 1.85. The van der Waals surface area contributed by atoms with E-state index in [2.05, 4.69) is 37.2 Å². The second-order valence-electron chi connectivity index (χ2n) is 6.75. The maximum absolute atomic E-state index is 14.0. The van der Waals surface area contributed by atoms with Crippen LogP contribution in [0.25, 0.3) is 0 Å². The standard InChI is InChI=1S/C18H29FN2/c1-13(2)20-12-16-7-5-6-10-21(4)18(16)15-9-8-14(3)17(19)11-15/h8-9,11,13,16,18,20H,5-7,10,12H2,1-4H3. The number of hydrogen-bond acceptors (Lipinski definition) is 2. The van der Waals surface area contributed by atoms with E-state index in [-0.39, 0.29) is 5.82 Å². The summed E-state index contributed by atoms with van der Waals surface area (Å²) in [7, 11) is 2.18. The van der Waals surface area contributed by atoms with Crippen molar-refractivity contribution in [2.75, 3.05) is 20.1 Å². The third-order valence-corrected chi connectivity index (χ3v) is 4.58. The van der Waals surface area contributed by atoms with Crippen molar-refractivity contribution in [3.05, 3.63) is 35.1 Å². The SMILES string of the molecule is Cc1ccc(C2C(CNC(C)C)CCCCN2C)cc1F. The van der Waals surface area contributed by atoms with Gasteiger partial charge in [-0.2, -0.15) is 0 Å². The minimum Gasteiger partial charge on any atom is -0.314 e. The Hall–Kier alpha value is -0.930. The third kappa shape index (κ3) is 4.27. The van der Waals surface area contributed by atoms with Crippen molar-refractivity contribution < 1.29 is 4.39 Å². The average molecular weight is 292 g/mol. The molecule has 2 atom stereocenters. The summed E-state index contributed by atoms with van der Waals surface area (Å²) >= 11 is 0. The highest BCUT2D eigenvalue weighted by Gasteiger charge is 2.29. The van der Waals surface area contributed by atoms with Crippen molar-refractivity contribution in [3.8, 4) is 0 Å². The van der Waals surface area contributed by atoms with Gasteiger partial charge in [0.05, 0.1) is 0 Å². The van der Waals surface area contributed by atoms with Crippen molar-refractivity contribution in [2.45, 2.75) is 52.1 Å². The molecule has 1 aromatic rings. The molecule has 1 fully saturated rings. The van der Waals surface area contributed by atoms with Crippen molar-refractivity contribution in [1.82, 2.24) is 10.2 Å². The van der Waals surface area contributed by atoms with Crippen LogP contribution < -0.4 is 5.32 Å². The highest BCUT2D eigenvalue weighted by Crippen LogP contribution is 2.34. The minimum absolute atomic E-state index is 0.0827. The molecule has 0 bridgehead atoms. The Balaban J connectivity index is 2.25. The van der Waals surface area contributed by atoms with Gasteiger partial charge in [-0.1, -0.05) is 32.4 Å². The third-order valence-electron chi connectivity index (χ3n) is 4.58. The lowest BCUT2D eigenvalue weighted by Gasteiger charge is -2.33. The molecule has 0 aliphatic carbocycles. The van der Waals surface area contributed by atoms with Crippen LogP contribution in [0.15, 0.2) is 18.2 Å². The molecule has 1 aliphatic heterocycles. The highest BCUT2D eigenvalue weighted by molar-refractivity contribution is 5.26. The van der Waals surface area contributed by atoms with Crippen molar-refractivity contribution in [1.29, 1.82) is 0 Å². The van der Waals surface area contributed by atoms with E-state index in [4.69, 9.17) is 0 Å². The van der Waals surface area contributed by atoms with Crippen LogP contribution in [0, 0.1) is 18.7 Å². The summed E-state index contributed by atoms with van der Waals surface area (Å²) in [6.45, 7) is 8.29. The maximum atomic E-state index is 14.0. The van der Waals surface area contributed by atoms with Gasteiger partial charge in [0.15, 0.2) is 0 Å². The van der Waals surface area contributed by atoms with Crippen molar-refractivity contribution in [3.63, 3.8) is 0 Å². The first-order valence-electron chi connectivity index (χ1n) is 8.18. The molecule has 3 heteroatoms. The summed E-state index contributed by atoms with van der Waals surface area (Å²) in [5.74, 6) is 0.461. The van der Waals surface area contributed by atoms with E-state index in [1.165, 1.54) is 19.3 Å². The van der Waals surface area contributed by atoms with Gasteiger partial charge < -0.3 is 5.32 Å². The molecule has 1 aliphatic rings. The molecule has 0 radical (unpaired) electrons. The maximum Gasteiger partial charge on any atom is 0.126 e. The van der Waals surface area contributed by atoms with Gasteiger partial charge in [0.1, 0.15) is 5.82 Å². The Morgan fingerprint density at radius 2 is 2.10 bits per heavy atom. The topological polar surface area (TPSA) is 15.3 Å². The number of halogens is 1. The van der Waals surface area contributed by atoms with E-state index in [0.717, 1.165) is 24.2 Å². The molecule has 1 heterocycles. The van der Waals surface area contributed by atoms with Gasteiger partial charge in [-0.3, -0.25) is 4.90 Å². The lowest BCUT2D eigenvalue weighted by molar-refractivity contribution is 0.186. The first kappa shape index (κ1) is 16.4. The van der Waals surface area contributed by atoms with Gasteiger partial charge in [0, 0.05) is 18.6 Å². The van der Waals surface area contributed by atoms with Gasteiger partial charge in [-0.25, -0.2) is 4.39 Å². The quantitative estimate of drug-likeness (QED) is 0.905. The van der Waals surface area contributed by atoms with Crippen LogP contribution in [0.2, 0.25) is 0 Å². The zero-order valence-corrected chi connectivity index (χ0v) is 13.8. The van der Waals surface area contributed by atoms with Crippen LogP contribution in [-0.2, 0) is 0 Å². The molecule has 2 rings (SSSR count). The average Bonchev–Trinajstić information content (AvgIpc) is 2.61. The zero-order valence-electron chi connectivity index (χ0n) is 13.8. The van der Waals surface area contributed by atoms with Crippen LogP contribution in [-0.4, -0.2) is 31.1 Å².